The molecule has 74 valence electrons. The first-order valence-electron chi connectivity index (χ1n) is 5.03. The summed E-state index contributed by atoms with van der Waals surface area (Å²) in [5.41, 5.74) is 1.05. The summed E-state index contributed by atoms with van der Waals surface area (Å²) in [4.78, 5) is 11.6. The van der Waals surface area contributed by atoms with Crippen LogP contribution in [0.5, 0.6) is 0 Å². The van der Waals surface area contributed by atoms with E-state index >= 15 is 0 Å². The van der Waals surface area contributed by atoms with E-state index in [0.29, 0.717) is 0 Å². The molecule has 1 aliphatic heterocycles. The normalized spacial score (nSPS) is 26.2. The molecule has 0 aromatic heterocycles. The first-order chi connectivity index (χ1) is 6.71. The Balaban J connectivity index is 2.14. The number of nitrogens with one attached hydrogen (secondary N) is 1. The first kappa shape index (κ1) is 9.25. The number of hydrogen-bond donors (Lipinski definition) is 1. The van der Waals surface area contributed by atoms with E-state index < -0.39 is 0 Å². The molecule has 0 saturated carbocycles. The highest BCUT2D eigenvalue weighted by Crippen LogP contribution is 2.30. The third-order valence-corrected chi connectivity index (χ3v) is 2.95. The van der Waals surface area contributed by atoms with E-state index in [1.807, 2.05) is 25.1 Å². The SMILES string of the molecule is C[C@]1(Cc2ccccc2)CCNC1=O. The van der Waals surface area contributed by atoms with Crippen molar-refractivity contribution >= 4 is 5.91 Å². The molecule has 0 bridgehead atoms. The van der Waals surface area contributed by atoms with Crippen molar-refractivity contribution in [1.29, 1.82) is 0 Å². The van der Waals surface area contributed by atoms with Crippen LogP contribution < -0.4 is 5.32 Å². The highest BCUT2D eigenvalue weighted by molar-refractivity contribution is 5.84. The molecule has 1 fully saturated rings. The van der Waals surface area contributed by atoms with Crippen LogP contribution in [-0.2, 0) is 11.2 Å². The Morgan fingerprint density at radius 1 is 1.36 bits per heavy atom. The lowest BCUT2D eigenvalue weighted by molar-refractivity contribution is -0.126. The Labute approximate surface area is 84.3 Å². The van der Waals surface area contributed by atoms with Gasteiger partial charge < -0.3 is 5.32 Å². The van der Waals surface area contributed by atoms with Crippen LogP contribution in [0.4, 0.5) is 0 Å². The summed E-state index contributed by atoms with van der Waals surface area (Å²) in [5.74, 6) is 0.196. The summed E-state index contributed by atoms with van der Waals surface area (Å²) in [7, 11) is 0. The van der Waals surface area contributed by atoms with Gasteiger partial charge in [-0.2, -0.15) is 0 Å². The van der Waals surface area contributed by atoms with Crippen molar-refractivity contribution in [2.45, 2.75) is 19.8 Å². The van der Waals surface area contributed by atoms with Gasteiger partial charge in [0.25, 0.3) is 0 Å². The predicted molar refractivity (Wildman–Crippen MR) is 55.9 cm³/mol. The quantitative estimate of drug-likeness (QED) is 0.754. The van der Waals surface area contributed by atoms with Gasteiger partial charge in [-0.05, 0) is 18.4 Å². The molecule has 0 radical (unpaired) electrons. The molecule has 2 rings (SSSR count). The van der Waals surface area contributed by atoms with Crippen LogP contribution in [0.15, 0.2) is 30.3 Å². The van der Waals surface area contributed by atoms with Crippen LogP contribution in [-0.4, -0.2) is 12.5 Å². The van der Waals surface area contributed by atoms with Gasteiger partial charge in [0.1, 0.15) is 0 Å². The van der Waals surface area contributed by atoms with Crippen LogP contribution in [0.2, 0.25) is 0 Å². The lowest BCUT2D eigenvalue weighted by Crippen LogP contribution is -2.30. The molecule has 1 amide bonds. The smallest absolute Gasteiger partial charge is 0.226 e. The topological polar surface area (TPSA) is 29.1 Å². The minimum atomic E-state index is -0.193. The molecule has 1 atom stereocenters. The zero-order valence-electron chi connectivity index (χ0n) is 8.42. The third-order valence-electron chi connectivity index (χ3n) is 2.95. The predicted octanol–water partition coefficient (Wildman–Crippen LogP) is 1.76. The summed E-state index contributed by atoms with van der Waals surface area (Å²) in [6.45, 7) is 2.87. The second kappa shape index (κ2) is 3.45. The van der Waals surface area contributed by atoms with Gasteiger partial charge in [0.2, 0.25) is 5.91 Å². The Morgan fingerprint density at radius 3 is 2.64 bits per heavy atom. The molecule has 1 heterocycles. The third kappa shape index (κ3) is 1.65. The number of carbonyl (C=O) groups excluding carboxylic acids is 1. The highest BCUT2D eigenvalue weighted by Gasteiger charge is 2.37. The van der Waals surface area contributed by atoms with Crippen LogP contribution in [0.3, 0.4) is 0 Å². The number of hydrogen-bond acceptors (Lipinski definition) is 1. The Hall–Kier alpha value is -1.31. The summed E-state index contributed by atoms with van der Waals surface area (Å²) in [6, 6.07) is 10.2. The van der Waals surface area contributed by atoms with Gasteiger partial charge in [0, 0.05) is 6.54 Å². The number of carbonyl (C=O) groups is 1. The minimum absolute atomic E-state index is 0.193. The molecule has 0 unspecified atom stereocenters. The van der Waals surface area contributed by atoms with Crippen molar-refractivity contribution in [1.82, 2.24) is 5.32 Å². The van der Waals surface area contributed by atoms with E-state index in [2.05, 4.69) is 17.4 Å². The summed E-state index contributed by atoms with van der Waals surface area (Å²) >= 11 is 0. The van der Waals surface area contributed by atoms with Crippen molar-refractivity contribution in [2.75, 3.05) is 6.54 Å². The maximum Gasteiger partial charge on any atom is 0.226 e. The van der Waals surface area contributed by atoms with Crippen molar-refractivity contribution in [3.05, 3.63) is 35.9 Å². The van der Waals surface area contributed by atoms with Crippen molar-refractivity contribution in [3.8, 4) is 0 Å². The van der Waals surface area contributed by atoms with Gasteiger partial charge in [0.05, 0.1) is 5.41 Å². The zero-order chi connectivity index (χ0) is 10.0. The maximum atomic E-state index is 11.6. The van der Waals surface area contributed by atoms with Crippen molar-refractivity contribution in [2.24, 2.45) is 5.41 Å². The monoisotopic (exact) mass is 189 g/mol. The molecule has 1 saturated heterocycles. The molecular weight excluding hydrogens is 174 g/mol. The molecule has 1 aliphatic rings. The van der Waals surface area contributed by atoms with Gasteiger partial charge >= 0.3 is 0 Å². The fourth-order valence-corrected chi connectivity index (χ4v) is 1.99. The Morgan fingerprint density at radius 2 is 2.07 bits per heavy atom. The summed E-state index contributed by atoms with van der Waals surface area (Å²) < 4.78 is 0. The molecule has 1 N–H and O–H groups in total. The first-order valence-corrected chi connectivity index (χ1v) is 5.03. The van der Waals surface area contributed by atoms with Crippen LogP contribution >= 0.6 is 0 Å². The largest absolute Gasteiger partial charge is 0.356 e. The number of amides is 1. The number of rotatable bonds is 2. The van der Waals surface area contributed by atoms with E-state index in [1.54, 1.807) is 0 Å². The molecule has 0 aliphatic carbocycles. The Bertz CT molecular complexity index is 333. The Kier molecular flexibility index (Phi) is 2.28. The van der Waals surface area contributed by atoms with E-state index in [0.717, 1.165) is 19.4 Å². The van der Waals surface area contributed by atoms with E-state index in [4.69, 9.17) is 0 Å². The lowest BCUT2D eigenvalue weighted by atomic mass is 9.82. The maximum absolute atomic E-state index is 11.6. The minimum Gasteiger partial charge on any atom is -0.356 e. The average Bonchev–Trinajstić information content (AvgIpc) is 2.48. The second-order valence-electron chi connectivity index (χ2n) is 4.23. The summed E-state index contributed by atoms with van der Waals surface area (Å²) in [5, 5.41) is 2.89. The zero-order valence-corrected chi connectivity index (χ0v) is 8.42. The van der Waals surface area contributed by atoms with Crippen molar-refractivity contribution < 1.29 is 4.79 Å². The molecule has 2 nitrogen and oxygen atoms in total. The fourth-order valence-electron chi connectivity index (χ4n) is 1.99. The summed E-state index contributed by atoms with van der Waals surface area (Å²) in [6.07, 6.45) is 1.79. The van der Waals surface area contributed by atoms with E-state index in [-0.39, 0.29) is 11.3 Å². The van der Waals surface area contributed by atoms with Crippen LogP contribution in [0.1, 0.15) is 18.9 Å². The van der Waals surface area contributed by atoms with Gasteiger partial charge in [-0.3, -0.25) is 4.79 Å². The average molecular weight is 189 g/mol. The molecule has 1 aromatic rings. The highest BCUT2D eigenvalue weighted by atomic mass is 16.2. The lowest BCUT2D eigenvalue weighted by Gasteiger charge is -2.20. The van der Waals surface area contributed by atoms with Crippen LogP contribution in [0.25, 0.3) is 0 Å². The molecular formula is C12H15NO. The van der Waals surface area contributed by atoms with E-state index in [9.17, 15) is 4.79 Å². The van der Waals surface area contributed by atoms with Crippen LogP contribution in [0, 0.1) is 5.41 Å². The fraction of sp³-hybridized carbons (Fsp3) is 0.417. The van der Waals surface area contributed by atoms with Gasteiger partial charge in [-0.25, -0.2) is 0 Å². The standard InChI is InChI=1S/C12H15NO/c1-12(7-8-13-11(12)14)9-10-5-3-2-4-6-10/h2-6H,7-9H2,1H3,(H,13,14)/t12-/m1/s1. The molecule has 0 spiro atoms. The number of benzene rings is 1. The molecule has 14 heavy (non-hydrogen) atoms. The van der Waals surface area contributed by atoms with Crippen molar-refractivity contribution in [3.63, 3.8) is 0 Å². The van der Waals surface area contributed by atoms with E-state index in [1.165, 1.54) is 5.56 Å². The van der Waals surface area contributed by atoms with Gasteiger partial charge in [-0.15, -0.1) is 0 Å². The molecule has 1 aromatic carbocycles. The van der Waals surface area contributed by atoms with Gasteiger partial charge in [-0.1, -0.05) is 37.3 Å². The molecule has 2 heteroatoms. The second-order valence-corrected chi connectivity index (χ2v) is 4.23. The van der Waals surface area contributed by atoms with Gasteiger partial charge in [0.15, 0.2) is 0 Å².